The van der Waals surface area contributed by atoms with Crippen LogP contribution in [0.15, 0.2) is 70.9 Å². The van der Waals surface area contributed by atoms with E-state index < -0.39 is 11.9 Å². The largest absolute Gasteiger partial charge is 0.455 e. The second kappa shape index (κ2) is 8.74. The van der Waals surface area contributed by atoms with E-state index in [4.69, 9.17) is 10.6 Å². The quantitative estimate of drug-likeness (QED) is 0.152. The molecule has 13 heteroatoms. The average molecular weight is 562 g/mol. The Morgan fingerprint density at radius 1 is 1.11 bits per heavy atom. The molecule has 0 atom stereocenters. The fourth-order valence-electron chi connectivity index (χ4n) is 3.55. The summed E-state index contributed by atoms with van der Waals surface area (Å²) in [5.74, 6) is 5.83. The standard InChI is InChI=1S/C22H13BrF3N6O2S/c23-16-11-29-31-20(22(24,25)26)18(19(30-21(16)31)17-4-2-6-35-17)12-7-13(32(27)33)9-15(8-12)34-14-3-1-5-28-10-14/h1-11H,(H2,27,33)/q+1. The van der Waals surface area contributed by atoms with Gasteiger partial charge in [0.1, 0.15) is 11.5 Å². The van der Waals surface area contributed by atoms with Gasteiger partial charge in [-0.05, 0) is 51.1 Å². The molecule has 0 aliphatic rings. The van der Waals surface area contributed by atoms with Crippen molar-refractivity contribution in [1.82, 2.24) is 19.6 Å². The predicted molar refractivity (Wildman–Crippen MR) is 126 cm³/mol. The lowest BCUT2D eigenvalue weighted by atomic mass is 9.99. The van der Waals surface area contributed by atoms with Crippen molar-refractivity contribution < 1.29 is 22.8 Å². The van der Waals surface area contributed by atoms with E-state index in [2.05, 4.69) is 31.0 Å². The van der Waals surface area contributed by atoms with Crippen LogP contribution in [0, 0.1) is 4.91 Å². The van der Waals surface area contributed by atoms with Crippen LogP contribution in [0.2, 0.25) is 0 Å². The molecule has 35 heavy (non-hydrogen) atoms. The first-order valence-electron chi connectivity index (χ1n) is 9.86. The summed E-state index contributed by atoms with van der Waals surface area (Å²) >= 11 is 4.45. The van der Waals surface area contributed by atoms with Gasteiger partial charge in [0.25, 0.3) is 5.69 Å². The molecular formula is C22H13BrF3N6O2S+. The van der Waals surface area contributed by atoms with Gasteiger partial charge in [0.15, 0.2) is 16.2 Å². The summed E-state index contributed by atoms with van der Waals surface area (Å²) in [6.45, 7) is 0. The van der Waals surface area contributed by atoms with Gasteiger partial charge in [0, 0.05) is 17.8 Å². The van der Waals surface area contributed by atoms with Crippen LogP contribution < -0.4 is 10.6 Å². The summed E-state index contributed by atoms with van der Waals surface area (Å²) in [4.78, 5) is 21.0. The zero-order chi connectivity index (χ0) is 24.7. The molecule has 1 aromatic carbocycles. The highest BCUT2D eigenvalue weighted by atomic mass is 79.9. The van der Waals surface area contributed by atoms with Crippen molar-refractivity contribution in [3.63, 3.8) is 0 Å². The molecule has 0 saturated carbocycles. The maximum absolute atomic E-state index is 14.6. The number of rotatable bonds is 5. The molecule has 0 fully saturated rings. The van der Waals surface area contributed by atoms with E-state index in [0.717, 1.165) is 4.52 Å². The lowest BCUT2D eigenvalue weighted by molar-refractivity contribution is -0.474. The Balaban J connectivity index is 1.85. The van der Waals surface area contributed by atoms with Gasteiger partial charge in [-0.2, -0.15) is 24.1 Å². The van der Waals surface area contributed by atoms with Gasteiger partial charge >= 0.3 is 6.18 Å². The Hall–Kier alpha value is -3.84. The van der Waals surface area contributed by atoms with E-state index >= 15 is 0 Å². The van der Waals surface area contributed by atoms with E-state index in [9.17, 15) is 18.1 Å². The Bertz CT molecular complexity index is 1560. The van der Waals surface area contributed by atoms with Crippen molar-refractivity contribution in [2.24, 2.45) is 5.84 Å². The van der Waals surface area contributed by atoms with Gasteiger partial charge in [-0.1, -0.05) is 6.07 Å². The predicted octanol–water partition coefficient (Wildman–Crippen LogP) is 6.38. The molecule has 0 aliphatic heterocycles. The number of nitroso groups, excluding NO2 is 1. The minimum Gasteiger partial charge on any atom is -0.455 e. The van der Waals surface area contributed by atoms with Crippen molar-refractivity contribution in [3.8, 4) is 33.2 Å². The molecular weight excluding hydrogens is 549 g/mol. The highest BCUT2D eigenvalue weighted by molar-refractivity contribution is 9.10. The first-order chi connectivity index (χ1) is 16.7. The van der Waals surface area contributed by atoms with E-state index in [1.165, 1.54) is 41.9 Å². The summed E-state index contributed by atoms with van der Waals surface area (Å²) < 4.78 is 50.5. The lowest BCUT2D eigenvalue weighted by Crippen LogP contribution is -2.17. The Morgan fingerprint density at radius 2 is 1.94 bits per heavy atom. The monoisotopic (exact) mass is 561 g/mol. The summed E-state index contributed by atoms with van der Waals surface area (Å²) in [6.07, 6.45) is -0.614. The fraction of sp³-hybridized carbons (Fsp3) is 0.0455. The molecule has 0 amide bonds. The minimum atomic E-state index is -4.83. The Labute approximate surface area is 207 Å². The van der Waals surface area contributed by atoms with Crippen LogP contribution in [0.4, 0.5) is 18.9 Å². The number of pyridine rings is 1. The normalized spacial score (nSPS) is 11.7. The molecule has 4 heterocycles. The minimum absolute atomic E-state index is 0.00302. The molecule has 0 aliphatic carbocycles. The number of thiophene rings is 1. The van der Waals surface area contributed by atoms with Gasteiger partial charge in [-0.25, -0.2) is 9.50 Å². The number of fused-ring (bicyclic) bond motifs is 1. The zero-order valence-electron chi connectivity index (χ0n) is 17.4. The summed E-state index contributed by atoms with van der Waals surface area (Å²) in [7, 11) is 0. The molecule has 8 nitrogen and oxygen atoms in total. The molecule has 176 valence electrons. The van der Waals surface area contributed by atoms with Crippen LogP contribution in [0.1, 0.15) is 5.69 Å². The average Bonchev–Trinajstić information content (AvgIpc) is 3.48. The van der Waals surface area contributed by atoms with Gasteiger partial charge in [-0.15, -0.1) is 11.3 Å². The Morgan fingerprint density at radius 3 is 2.60 bits per heavy atom. The topological polar surface area (TPSA) is 98.4 Å². The molecule has 5 rings (SSSR count). The van der Waals surface area contributed by atoms with Gasteiger partial charge in [0.2, 0.25) is 0 Å². The number of halogens is 4. The molecule has 0 bridgehead atoms. The van der Waals surface area contributed by atoms with Crippen LogP contribution in [-0.4, -0.2) is 24.5 Å². The second-order valence-electron chi connectivity index (χ2n) is 7.22. The zero-order valence-corrected chi connectivity index (χ0v) is 19.8. The maximum Gasteiger partial charge on any atom is 0.434 e. The number of nitrogens with zero attached hydrogens (tertiary/aromatic N) is 5. The second-order valence-corrected chi connectivity index (χ2v) is 9.02. The van der Waals surface area contributed by atoms with E-state index in [0.29, 0.717) is 15.1 Å². The van der Waals surface area contributed by atoms with Crippen LogP contribution in [0.25, 0.3) is 27.3 Å². The maximum atomic E-state index is 14.6. The SMILES string of the molecule is N[N+](=O)c1cc(Oc2cccnc2)cc(-c2c(-c3cccs3)nc3c(Br)cnn3c2C(F)(F)F)c1. The molecule has 5 aromatic rings. The molecule has 2 N–H and O–H groups in total. The number of benzene rings is 1. The number of hydrogen-bond acceptors (Lipinski definition) is 6. The summed E-state index contributed by atoms with van der Waals surface area (Å²) in [6, 6.07) is 10.6. The van der Waals surface area contributed by atoms with E-state index in [1.807, 2.05) is 0 Å². The third-order valence-corrected chi connectivity index (χ3v) is 6.37. The molecule has 0 saturated heterocycles. The van der Waals surface area contributed by atoms with E-state index in [1.54, 1.807) is 35.8 Å². The van der Waals surface area contributed by atoms with Crippen molar-refractivity contribution in [3.05, 3.63) is 81.5 Å². The molecule has 0 spiro atoms. The van der Waals surface area contributed by atoms with Gasteiger partial charge in [-0.3, -0.25) is 4.98 Å². The van der Waals surface area contributed by atoms with Crippen LogP contribution in [0.5, 0.6) is 11.5 Å². The smallest absolute Gasteiger partial charge is 0.434 e. The Kier molecular flexibility index (Phi) is 5.73. The number of nitrogens with two attached hydrogens (primary N) is 1. The number of hydrazine groups is 1. The van der Waals surface area contributed by atoms with E-state index in [-0.39, 0.29) is 38.8 Å². The lowest BCUT2D eigenvalue weighted by Gasteiger charge is -2.18. The number of ether oxygens (including phenoxy) is 1. The summed E-state index contributed by atoms with van der Waals surface area (Å²) in [5, 5.41) is 5.63. The number of aromatic nitrogens is 4. The fourth-order valence-corrected chi connectivity index (χ4v) is 4.62. The first-order valence-corrected chi connectivity index (χ1v) is 11.5. The van der Waals surface area contributed by atoms with Crippen molar-refractivity contribution in [2.75, 3.05) is 0 Å². The van der Waals surface area contributed by atoms with Crippen molar-refractivity contribution in [1.29, 1.82) is 0 Å². The molecule has 0 radical (unpaired) electrons. The molecule has 4 aromatic heterocycles. The van der Waals surface area contributed by atoms with Crippen LogP contribution >= 0.6 is 27.3 Å². The number of alkyl halides is 3. The van der Waals surface area contributed by atoms with Crippen LogP contribution in [-0.2, 0) is 6.18 Å². The summed E-state index contributed by atoms with van der Waals surface area (Å²) in [5.41, 5.74) is -1.37. The molecule has 0 unspecified atom stereocenters. The highest BCUT2D eigenvalue weighted by Gasteiger charge is 2.40. The third-order valence-electron chi connectivity index (χ3n) is 4.93. The van der Waals surface area contributed by atoms with Crippen LogP contribution in [0.3, 0.4) is 0 Å². The van der Waals surface area contributed by atoms with Gasteiger partial charge < -0.3 is 4.74 Å². The third kappa shape index (κ3) is 4.35. The highest BCUT2D eigenvalue weighted by Crippen LogP contribution is 2.45. The van der Waals surface area contributed by atoms with Crippen molar-refractivity contribution >= 4 is 38.6 Å². The first kappa shape index (κ1) is 22.9. The van der Waals surface area contributed by atoms with Crippen molar-refractivity contribution in [2.45, 2.75) is 6.18 Å². The van der Waals surface area contributed by atoms with Gasteiger partial charge in [0.05, 0.1) is 38.4 Å². The number of hydrogen-bond donors (Lipinski definition) is 1.